The summed E-state index contributed by atoms with van der Waals surface area (Å²) in [6.45, 7) is 8.29. The second kappa shape index (κ2) is 7.59. The molecular formula is C18H27N3O2. The Morgan fingerprint density at radius 2 is 1.91 bits per heavy atom. The molecule has 0 aliphatic carbocycles. The van der Waals surface area contributed by atoms with Gasteiger partial charge >= 0.3 is 0 Å². The molecule has 1 heterocycles. The molecule has 1 fully saturated rings. The molecule has 2 N–H and O–H groups in total. The van der Waals surface area contributed by atoms with Crippen LogP contribution in [0.5, 0.6) is 0 Å². The van der Waals surface area contributed by atoms with Crippen LogP contribution in [0.1, 0.15) is 46.1 Å². The maximum atomic E-state index is 12.4. The summed E-state index contributed by atoms with van der Waals surface area (Å²) >= 11 is 0. The first-order chi connectivity index (χ1) is 10.9. The highest BCUT2D eigenvalue weighted by Crippen LogP contribution is 2.25. The van der Waals surface area contributed by atoms with Crippen molar-refractivity contribution in [1.82, 2.24) is 10.2 Å². The minimum atomic E-state index is -0.124. The number of nitrogens with one attached hydrogen (secondary N) is 2. The molecule has 1 aliphatic heterocycles. The lowest BCUT2D eigenvalue weighted by molar-refractivity contribution is -0.127. The minimum absolute atomic E-state index is 0.0514. The van der Waals surface area contributed by atoms with Gasteiger partial charge in [0.15, 0.2) is 0 Å². The van der Waals surface area contributed by atoms with E-state index >= 15 is 0 Å². The zero-order valence-electron chi connectivity index (χ0n) is 14.4. The van der Waals surface area contributed by atoms with Gasteiger partial charge in [0.1, 0.15) is 0 Å². The number of carbonyl (C=O) groups excluding carboxylic acids is 2. The molecule has 0 spiro atoms. The van der Waals surface area contributed by atoms with Crippen LogP contribution in [0.15, 0.2) is 24.3 Å². The lowest BCUT2D eigenvalue weighted by atomic mass is 10.1. The van der Waals surface area contributed by atoms with E-state index in [-0.39, 0.29) is 17.9 Å². The smallest absolute Gasteiger partial charge is 0.237 e. The van der Waals surface area contributed by atoms with Crippen molar-refractivity contribution in [1.29, 1.82) is 0 Å². The quantitative estimate of drug-likeness (QED) is 0.877. The second-order valence-electron chi connectivity index (χ2n) is 6.50. The normalized spacial score (nSPS) is 22.6. The van der Waals surface area contributed by atoms with E-state index < -0.39 is 0 Å². The van der Waals surface area contributed by atoms with Crippen LogP contribution in [0.2, 0.25) is 0 Å². The maximum absolute atomic E-state index is 12.4. The number of hydrogen-bond acceptors (Lipinski definition) is 3. The molecule has 23 heavy (non-hydrogen) atoms. The first kappa shape index (κ1) is 17.5. The highest BCUT2D eigenvalue weighted by molar-refractivity contribution is 5.88. The van der Waals surface area contributed by atoms with Crippen LogP contribution in [0.25, 0.3) is 0 Å². The van der Waals surface area contributed by atoms with Crippen molar-refractivity contribution in [2.24, 2.45) is 0 Å². The van der Waals surface area contributed by atoms with E-state index in [2.05, 4.69) is 29.4 Å². The van der Waals surface area contributed by atoms with Crippen molar-refractivity contribution in [2.45, 2.75) is 65.2 Å². The third-order valence-corrected chi connectivity index (χ3v) is 4.56. The van der Waals surface area contributed by atoms with Crippen LogP contribution < -0.4 is 10.6 Å². The SMILES string of the molecule is CC(=O)Nc1cccc(CNC(=O)[C@H](C)N2[C@H](C)CC[C@@H]2C)c1. The van der Waals surface area contributed by atoms with E-state index in [1.807, 2.05) is 31.2 Å². The van der Waals surface area contributed by atoms with Crippen molar-refractivity contribution in [3.8, 4) is 0 Å². The van der Waals surface area contributed by atoms with Crippen molar-refractivity contribution >= 4 is 17.5 Å². The van der Waals surface area contributed by atoms with E-state index in [0.717, 1.165) is 24.1 Å². The lowest BCUT2D eigenvalue weighted by Gasteiger charge is -2.31. The summed E-state index contributed by atoms with van der Waals surface area (Å²) < 4.78 is 0. The van der Waals surface area contributed by atoms with E-state index in [1.165, 1.54) is 6.92 Å². The van der Waals surface area contributed by atoms with Gasteiger partial charge in [0.2, 0.25) is 11.8 Å². The van der Waals surface area contributed by atoms with Crippen molar-refractivity contribution in [3.05, 3.63) is 29.8 Å². The maximum Gasteiger partial charge on any atom is 0.237 e. The Morgan fingerprint density at radius 3 is 2.52 bits per heavy atom. The van der Waals surface area contributed by atoms with Gasteiger partial charge in [0, 0.05) is 31.2 Å². The summed E-state index contributed by atoms with van der Waals surface area (Å²) in [7, 11) is 0. The molecule has 0 saturated carbocycles. The molecule has 0 radical (unpaired) electrons. The number of nitrogens with zero attached hydrogens (tertiary/aromatic N) is 1. The molecule has 1 aliphatic rings. The fourth-order valence-corrected chi connectivity index (χ4v) is 3.41. The van der Waals surface area contributed by atoms with Gasteiger partial charge in [-0.3, -0.25) is 14.5 Å². The fraction of sp³-hybridized carbons (Fsp3) is 0.556. The van der Waals surface area contributed by atoms with Crippen LogP contribution in [0.3, 0.4) is 0 Å². The molecule has 0 aromatic heterocycles. The summed E-state index contributed by atoms with van der Waals surface area (Å²) in [5, 5.41) is 5.76. The highest BCUT2D eigenvalue weighted by Gasteiger charge is 2.34. The lowest BCUT2D eigenvalue weighted by Crippen LogP contribution is -2.48. The Hall–Kier alpha value is -1.88. The van der Waals surface area contributed by atoms with E-state index in [0.29, 0.717) is 18.6 Å². The third-order valence-electron chi connectivity index (χ3n) is 4.56. The van der Waals surface area contributed by atoms with Crippen LogP contribution in [-0.4, -0.2) is 34.8 Å². The number of amides is 2. The largest absolute Gasteiger partial charge is 0.351 e. The first-order valence-corrected chi connectivity index (χ1v) is 8.30. The molecule has 1 aromatic carbocycles. The summed E-state index contributed by atoms with van der Waals surface area (Å²) in [4.78, 5) is 25.8. The molecule has 0 bridgehead atoms. The van der Waals surface area contributed by atoms with Crippen LogP contribution in [0.4, 0.5) is 5.69 Å². The van der Waals surface area contributed by atoms with Crippen LogP contribution in [-0.2, 0) is 16.1 Å². The zero-order chi connectivity index (χ0) is 17.0. The molecule has 3 atom stereocenters. The topological polar surface area (TPSA) is 61.4 Å². The summed E-state index contributed by atoms with van der Waals surface area (Å²) in [6, 6.07) is 8.32. The zero-order valence-corrected chi connectivity index (χ0v) is 14.4. The number of hydrogen-bond donors (Lipinski definition) is 2. The number of likely N-dealkylation sites (tertiary alicyclic amines) is 1. The van der Waals surface area contributed by atoms with Gasteiger partial charge in [0.25, 0.3) is 0 Å². The Labute approximate surface area is 138 Å². The average Bonchev–Trinajstić information content (AvgIpc) is 2.83. The molecule has 2 rings (SSSR count). The van der Waals surface area contributed by atoms with Gasteiger partial charge < -0.3 is 10.6 Å². The number of anilines is 1. The molecule has 0 unspecified atom stereocenters. The molecule has 126 valence electrons. The predicted molar refractivity (Wildman–Crippen MR) is 92.1 cm³/mol. The second-order valence-corrected chi connectivity index (χ2v) is 6.50. The van der Waals surface area contributed by atoms with Crippen molar-refractivity contribution in [2.75, 3.05) is 5.32 Å². The van der Waals surface area contributed by atoms with Gasteiger partial charge in [-0.05, 0) is 51.3 Å². The van der Waals surface area contributed by atoms with Crippen molar-refractivity contribution < 1.29 is 9.59 Å². The monoisotopic (exact) mass is 317 g/mol. The minimum Gasteiger partial charge on any atom is -0.351 e. The van der Waals surface area contributed by atoms with Gasteiger partial charge in [-0.2, -0.15) is 0 Å². The Kier molecular flexibility index (Phi) is 5.77. The fourth-order valence-electron chi connectivity index (χ4n) is 3.41. The number of carbonyl (C=O) groups is 2. The highest BCUT2D eigenvalue weighted by atomic mass is 16.2. The van der Waals surface area contributed by atoms with Gasteiger partial charge in [-0.25, -0.2) is 0 Å². The average molecular weight is 317 g/mol. The van der Waals surface area contributed by atoms with Gasteiger partial charge in [0.05, 0.1) is 6.04 Å². The molecule has 1 saturated heterocycles. The Bertz CT molecular complexity index is 563. The number of benzene rings is 1. The standard InChI is InChI=1S/C18H27N3O2/c1-12-8-9-13(2)21(12)14(3)18(23)19-11-16-6-5-7-17(10-16)20-15(4)22/h5-7,10,12-14H,8-9,11H2,1-4H3,(H,19,23)(H,20,22)/t12-,13+,14-/m0/s1. The molecule has 5 heteroatoms. The Balaban J connectivity index is 1.92. The summed E-state index contributed by atoms with van der Waals surface area (Å²) in [6.07, 6.45) is 2.30. The number of rotatable bonds is 5. The van der Waals surface area contributed by atoms with Crippen LogP contribution >= 0.6 is 0 Å². The summed E-state index contributed by atoms with van der Waals surface area (Å²) in [5.41, 5.74) is 1.72. The third kappa shape index (κ3) is 4.55. The van der Waals surface area contributed by atoms with E-state index in [9.17, 15) is 9.59 Å². The van der Waals surface area contributed by atoms with Crippen molar-refractivity contribution in [3.63, 3.8) is 0 Å². The van der Waals surface area contributed by atoms with E-state index in [4.69, 9.17) is 0 Å². The van der Waals surface area contributed by atoms with Gasteiger partial charge in [-0.1, -0.05) is 12.1 Å². The first-order valence-electron chi connectivity index (χ1n) is 8.30. The van der Waals surface area contributed by atoms with E-state index in [1.54, 1.807) is 0 Å². The van der Waals surface area contributed by atoms with Crippen LogP contribution in [0, 0.1) is 0 Å². The molecule has 5 nitrogen and oxygen atoms in total. The molecular weight excluding hydrogens is 290 g/mol. The molecule has 2 amide bonds. The summed E-state index contributed by atoms with van der Waals surface area (Å²) in [5.74, 6) is -0.0488. The predicted octanol–water partition coefficient (Wildman–Crippen LogP) is 2.52. The molecule has 1 aromatic rings. The Morgan fingerprint density at radius 1 is 1.26 bits per heavy atom. The van der Waals surface area contributed by atoms with Gasteiger partial charge in [-0.15, -0.1) is 0 Å².